The smallest absolute Gasteiger partial charge is 0.328 e. The van der Waals surface area contributed by atoms with Crippen LogP contribution in [0.25, 0.3) is 21.8 Å². The van der Waals surface area contributed by atoms with E-state index in [-0.39, 0.29) is 17.7 Å². The lowest BCUT2D eigenvalue weighted by Gasteiger charge is -2.34. The number of benzene rings is 2. The number of unbranched alkanes of at least 4 members (excludes halogenated alkanes) is 1. The van der Waals surface area contributed by atoms with Crippen LogP contribution in [-0.4, -0.2) is 53.9 Å². The van der Waals surface area contributed by atoms with Crippen molar-refractivity contribution in [3.63, 3.8) is 0 Å². The predicted molar refractivity (Wildman–Crippen MR) is 157 cm³/mol. The highest BCUT2D eigenvalue weighted by molar-refractivity contribution is 6.10. The molecule has 9 heteroatoms. The standard InChI is InChI=1S/C32H38N4O5/c1-32(2)19-40-28(41-20-32)17-26-29-23(22-12-6-7-13-24(22)35-29)16-27(34-26)30(37)36-25(14-8-9-15-33)31(38)39-18-21-10-4-3-5-11-21/h3-7,10-13,16,25,28,35H,8-9,14-15,17-20,33H2,1-2H3,(H,36,37)/t25-/m0/s1. The summed E-state index contributed by atoms with van der Waals surface area (Å²) in [7, 11) is 0. The summed E-state index contributed by atoms with van der Waals surface area (Å²) in [5, 5.41) is 4.74. The number of para-hydroxylation sites is 1. The van der Waals surface area contributed by atoms with Gasteiger partial charge in [-0.05, 0) is 43.5 Å². The Hall–Kier alpha value is -3.79. The third-order valence-electron chi connectivity index (χ3n) is 7.24. The molecule has 4 N–H and O–H groups in total. The number of esters is 1. The maximum atomic E-state index is 13.6. The van der Waals surface area contributed by atoms with Gasteiger partial charge in [-0.15, -0.1) is 0 Å². The Balaban J connectivity index is 1.40. The van der Waals surface area contributed by atoms with Gasteiger partial charge in [-0.1, -0.05) is 62.4 Å². The summed E-state index contributed by atoms with van der Waals surface area (Å²) in [4.78, 5) is 34.9. The summed E-state index contributed by atoms with van der Waals surface area (Å²) < 4.78 is 17.5. The fourth-order valence-electron chi connectivity index (χ4n) is 4.98. The number of nitrogens with zero attached hydrogens (tertiary/aromatic N) is 1. The van der Waals surface area contributed by atoms with Crippen molar-refractivity contribution in [3.05, 3.63) is 77.6 Å². The highest BCUT2D eigenvalue weighted by Crippen LogP contribution is 2.30. The minimum Gasteiger partial charge on any atom is -0.459 e. The number of ether oxygens (including phenoxy) is 3. The lowest BCUT2D eigenvalue weighted by molar-refractivity contribution is -0.220. The highest BCUT2D eigenvalue weighted by atomic mass is 16.7. The van der Waals surface area contributed by atoms with E-state index < -0.39 is 24.2 Å². The molecule has 41 heavy (non-hydrogen) atoms. The zero-order valence-corrected chi connectivity index (χ0v) is 23.7. The number of rotatable bonds is 11. The van der Waals surface area contributed by atoms with Crippen molar-refractivity contribution >= 4 is 33.7 Å². The number of nitrogens with two attached hydrogens (primary N) is 1. The first-order valence-corrected chi connectivity index (χ1v) is 14.2. The summed E-state index contributed by atoms with van der Waals surface area (Å²) >= 11 is 0. The normalized spacial score (nSPS) is 16.1. The third-order valence-corrected chi connectivity index (χ3v) is 7.24. The van der Waals surface area contributed by atoms with Crippen molar-refractivity contribution in [1.29, 1.82) is 0 Å². The van der Waals surface area contributed by atoms with Crippen molar-refractivity contribution in [2.75, 3.05) is 19.8 Å². The molecule has 1 aliphatic heterocycles. The first kappa shape index (κ1) is 28.7. The van der Waals surface area contributed by atoms with Crippen LogP contribution >= 0.6 is 0 Å². The molecule has 0 saturated carbocycles. The lowest BCUT2D eigenvalue weighted by Crippen LogP contribution is -2.42. The second-order valence-corrected chi connectivity index (χ2v) is 11.4. The molecule has 1 aliphatic rings. The van der Waals surface area contributed by atoms with E-state index in [4.69, 9.17) is 24.9 Å². The molecule has 1 amide bonds. The molecule has 9 nitrogen and oxygen atoms in total. The summed E-state index contributed by atoms with van der Waals surface area (Å²) in [6.07, 6.45) is 1.73. The van der Waals surface area contributed by atoms with Crippen LogP contribution in [0.15, 0.2) is 60.7 Å². The molecule has 216 valence electrons. The molecular formula is C32H38N4O5. The maximum Gasteiger partial charge on any atom is 0.328 e. The molecule has 5 rings (SSSR count). The van der Waals surface area contributed by atoms with E-state index in [1.54, 1.807) is 6.07 Å². The Kier molecular flexibility index (Phi) is 8.97. The Morgan fingerprint density at radius 3 is 2.56 bits per heavy atom. The van der Waals surface area contributed by atoms with E-state index in [0.717, 1.165) is 33.8 Å². The van der Waals surface area contributed by atoms with Crippen molar-refractivity contribution in [1.82, 2.24) is 15.3 Å². The summed E-state index contributed by atoms with van der Waals surface area (Å²) in [6.45, 7) is 5.97. The number of hydrogen-bond acceptors (Lipinski definition) is 7. The topological polar surface area (TPSA) is 129 Å². The number of hydrogen-bond donors (Lipinski definition) is 3. The van der Waals surface area contributed by atoms with Gasteiger partial charge >= 0.3 is 5.97 Å². The van der Waals surface area contributed by atoms with Crippen LogP contribution in [0.4, 0.5) is 0 Å². The van der Waals surface area contributed by atoms with Gasteiger partial charge in [-0.2, -0.15) is 0 Å². The van der Waals surface area contributed by atoms with Gasteiger partial charge in [-0.3, -0.25) is 4.79 Å². The quantitative estimate of drug-likeness (QED) is 0.181. The molecule has 2 aromatic carbocycles. The average molecular weight is 559 g/mol. The number of nitrogens with one attached hydrogen (secondary N) is 2. The van der Waals surface area contributed by atoms with Crippen LogP contribution in [-0.2, 0) is 32.0 Å². The lowest BCUT2D eigenvalue weighted by atomic mass is 9.95. The molecule has 1 fully saturated rings. The predicted octanol–water partition coefficient (Wildman–Crippen LogP) is 4.63. The number of carbonyl (C=O) groups is 2. The number of amides is 1. The van der Waals surface area contributed by atoms with E-state index in [9.17, 15) is 9.59 Å². The molecule has 0 spiro atoms. The minimum atomic E-state index is -0.825. The first-order chi connectivity index (χ1) is 19.8. The molecule has 3 heterocycles. The van der Waals surface area contributed by atoms with Crippen molar-refractivity contribution in [3.8, 4) is 0 Å². The van der Waals surface area contributed by atoms with Gasteiger partial charge in [0.05, 0.1) is 24.4 Å². The first-order valence-electron chi connectivity index (χ1n) is 14.2. The largest absolute Gasteiger partial charge is 0.459 e. The highest BCUT2D eigenvalue weighted by Gasteiger charge is 2.30. The molecule has 0 bridgehead atoms. The summed E-state index contributed by atoms with van der Waals surface area (Å²) in [6, 6.07) is 18.3. The summed E-state index contributed by atoms with van der Waals surface area (Å²) in [5.41, 5.74) is 9.15. The number of pyridine rings is 1. The van der Waals surface area contributed by atoms with Gasteiger partial charge in [-0.25, -0.2) is 9.78 Å². The van der Waals surface area contributed by atoms with Crippen LogP contribution in [0.2, 0.25) is 0 Å². The van der Waals surface area contributed by atoms with Crippen LogP contribution in [0, 0.1) is 5.41 Å². The van der Waals surface area contributed by atoms with E-state index in [0.29, 0.717) is 44.7 Å². The van der Waals surface area contributed by atoms with Gasteiger partial charge in [0, 0.05) is 28.1 Å². The third kappa shape index (κ3) is 7.11. The Morgan fingerprint density at radius 1 is 1.07 bits per heavy atom. The molecule has 1 saturated heterocycles. The van der Waals surface area contributed by atoms with Crippen LogP contribution in [0.5, 0.6) is 0 Å². The number of carbonyl (C=O) groups excluding carboxylic acids is 2. The SMILES string of the molecule is CC1(C)COC(Cc2nc(C(=O)N[C@@H](CCCCN)C(=O)OCc3ccccc3)cc3c2[nH]c2ccccc23)OC1. The Labute approximate surface area is 239 Å². The molecule has 2 aromatic heterocycles. The van der Waals surface area contributed by atoms with Gasteiger partial charge in [0.25, 0.3) is 5.91 Å². The summed E-state index contributed by atoms with van der Waals surface area (Å²) in [5.74, 6) is -0.932. The fraction of sp³-hybridized carbons (Fsp3) is 0.406. The fourth-order valence-corrected chi connectivity index (χ4v) is 4.98. The zero-order chi connectivity index (χ0) is 28.8. The van der Waals surface area contributed by atoms with Crippen LogP contribution in [0.3, 0.4) is 0 Å². The molecule has 1 atom stereocenters. The zero-order valence-electron chi connectivity index (χ0n) is 23.7. The monoisotopic (exact) mass is 558 g/mol. The second kappa shape index (κ2) is 12.8. The van der Waals surface area contributed by atoms with Crippen molar-refractivity contribution in [2.24, 2.45) is 11.1 Å². The van der Waals surface area contributed by atoms with Crippen molar-refractivity contribution in [2.45, 2.75) is 58.5 Å². The molecule has 0 unspecified atom stereocenters. The molecule has 4 aromatic rings. The number of fused-ring (bicyclic) bond motifs is 3. The van der Waals surface area contributed by atoms with Crippen LogP contribution < -0.4 is 11.1 Å². The van der Waals surface area contributed by atoms with Crippen LogP contribution in [0.1, 0.15) is 54.9 Å². The number of H-pyrrole nitrogens is 1. The van der Waals surface area contributed by atoms with Gasteiger partial charge in [0.15, 0.2) is 6.29 Å². The van der Waals surface area contributed by atoms with Crippen molar-refractivity contribution < 1.29 is 23.8 Å². The number of aromatic amines is 1. The van der Waals surface area contributed by atoms with Gasteiger partial charge in [0.2, 0.25) is 0 Å². The van der Waals surface area contributed by atoms with E-state index in [2.05, 4.69) is 24.1 Å². The van der Waals surface area contributed by atoms with Gasteiger partial charge < -0.3 is 30.2 Å². The Morgan fingerprint density at radius 2 is 1.80 bits per heavy atom. The Bertz CT molecular complexity index is 1490. The van der Waals surface area contributed by atoms with Gasteiger partial charge in [0.1, 0.15) is 18.3 Å². The minimum absolute atomic E-state index is 0.0594. The maximum absolute atomic E-state index is 13.6. The average Bonchev–Trinajstić information content (AvgIpc) is 3.36. The number of aromatic nitrogens is 2. The second-order valence-electron chi connectivity index (χ2n) is 11.4. The van der Waals surface area contributed by atoms with E-state index >= 15 is 0 Å². The van der Waals surface area contributed by atoms with E-state index in [1.807, 2.05) is 54.6 Å². The molecule has 0 aliphatic carbocycles. The van der Waals surface area contributed by atoms with E-state index in [1.165, 1.54) is 0 Å². The molecule has 0 radical (unpaired) electrons. The molecular weight excluding hydrogens is 520 g/mol.